The normalized spacial score (nSPS) is 13.2. The number of hydrogen-bond acceptors (Lipinski definition) is 4. The van der Waals surface area contributed by atoms with Gasteiger partial charge in [-0.3, -0.25) is 9.69 Å². The van der Waals surface area contributed by atoms with Crippen LogP contribution in [0.15, 0.2) is 48.5 Å². The van der Waals surface area contributed by atoms with E-state index in [4.69, 9.17) is 5.73 Å². The van der Waals surface area contributed by atoms with Gasteiger partial charge in [0.15, 0.2) is 0 Å². The lowest BCUT2D eigenvalue weighted by atomic mass is 9.94. The van der Waals surface area contributed by atoms with Gasteiger partial charge in [-0.1, -0.05) is 50.2 Å². The zero-order valence-electron chi connectivity index (χ0n) is 19.3. The predicted octanol–water partition coefficient (Wildman–Crippen LogP) is 5.04. The molecule has 0 spiro atoms. The molecule has 0 atom stereocenters. The molecule has 2 aromatic carbocycles. The number of nitrogens with two attached hydrogens (primary N) is 1. The fourth-order valence-corrected chi connectivity index (χ4v) is 4.48. The summed E-state index contributed by atoms with van der Waals surface area (Å²) in [5.74, 6) is -0.506. The van der Waals surface area contributed by atoms with Crippen LogP contribution in [0.3, 0.4) is 0 Å². The molecule has 2 heterocycles. The highest BCUT2D eigenvalue weighted by Crippen LogP contribution is 2.33. The van der Waals surface area contributed by atoms with Gasteiger partial charge in [-0.2, -0.15) is 4.39 Å². The zero-order valence-corrected chi connectivity index (χ0v) is 19.3. The van der Waals surface area contributed by atoms with Crippen LogP contribution >= 0.6 is 0 Å². The van der Waals surface area contributed by atoms with Gasteiger partial charge in [-0.25, -0.2) is 4.98 Å². The molecule has 0 fully saturated rings. The topological polar surface area (TPSA) is 71.2 Å². The van der Waals surface area contributed by atoms with Crippen LogP contribution in [-0.4, -0.2) is 35.4 Å². The van der Waals surface area contributed by atoms with Gasteiger partial charge in [0, 0.05) is 29.8 Å². The number of carbonyl (C=O) groups is 1. The van der Waals surface area contributed by atoms with Gasteiger partial charge in [0.05, 0.1) is 0 Å². The van der Waals surface area contributed by atoms with Crippen molar-refractivity contribution in [2.45, 2.75) is 39.7 Å². The number of nitrogens with one attached hydrogen (secondary N) is 1. The average Bonchev–Trinajstić information content (AvgIpc) is 2.80. The second-order valence-corrected chi connectivity index (χ2v) is 8.61. The molecule has 33 heavy (non-hydrogen) atoms. The first-order chi connectivity index (χ1) is 16.0. The minimum absolute atomic E-state index is 0.0646. The fourth-order valence-electron chi connectivity index (χ4n) is 4.48. The van der Waals surface area contributed by atoms with E-state index in [1.807, 2.05) is 24.3 Å². The quantitative estimate of drug-likeness (QED) is 0.475. The van der Waals surface area contributed by atoms with E-state index in [2.05, 4.69) is 41.2 Å². The molecule has 3 aromatic rings. The van der Waals surface area contributed by atoms with Crippen molar-refractivity contribution < 1.29 is 9.18 Å². The van der Waals surface area contributed by atoms with Crippen LogP contribution in [0.2, 0.25) is 0 Å². The Kier molecular flexibility index (Phi) is 7.04. The highest BCUT2D eigenvalue weighted by atomic mass is 19.1. The Hall–Kier alpha value is -3.25. The molecule has 0 unspecified atom stereocenters. The summed E-state index contributed by atoms with van der Waals surface area (Å²) >= 11 is 0. The first-order valence-corrected chi connectivity index (χ1v) is 11.7. The van der Waals surface area contributed by atoms with Crippen LogP contribution in [0.1, 0.15) is 48.2 Å². The molecule has 6 heteroatoms. The van der Waals surface area contributed by atoms with Gasteiger partial charge in [-0.05, 0) is 66.7 Å². The van der Waals surface area contributed by atoms with Crippen molar-refractivity contribution in [2.24, 2.45) is 0 Å². The van der Waals surface area contributed by atoms with Crippen LogP contribution in [-0.2, 0) is 13.0 Å². The smallest absolute Gasteiger partial charge is 0.251 e. The first kappa shape index (κ1) is 22.9. The average molecular weight is 447 g/mol. The Morgan fingerprint density at radius 2 is 1.67 bits per heavy atom. The van der Waals surface area contributed by atoms with Gasteiger partial charge < -0.3 is 11.1 Å². The molecule has 4 rings (SSSR count). The Bertz CT molecular complexity index is 1140. The summed E-state index contributed by atoms with van der Waals surface area (Å²) in [7, 11) is 0. The van der Waals surface area contributed by atoms with Crippen molar-refractivity contribution in [3.05, 3.63) is 71.2 Å². The van der Waals surface area contributed by atoms with E-state index in [9.17, 15) is 9.18 Å². The molecule has 0 saturated carbocycles. The van der Waals surface area contributed by atoms with Gasteiger partial charge in [0.25, 0.3) is 5.91 Å². The van der Waals surface area contributed by atoms with E-state index in [0.29, 0.717) is 23.2 Å². The number of aromatic nitrogens is 1. The molecule has 0 saturated heterocycles. The van der Waals surface area contributed by atoms with Crippen molar-refractivity contribution >= 4 is 11.7 Å². The third-order valence-corrected chi connectivity index (χ3v) is 6.10. The van der Waals surface area contributed by atoms with Crippen LogP contribution in [0.4, 0.5) is 10.2 Å². The number of fused-ring (bicyclic) bond motifs is 1. The number of hydrogen-bond donors (Lipinski definition) is 2. The van der Waals surface area contributed by atoms with Crippen molar-refractivity contribution in [2.75, 3.05) is 25.4 Å². The number of nitrogen functional groups attached to an aromatic ring is 1. The number of halogens is 1. The highest BCUT2D eigenvalue weighted by molar-refractivity contribution is 5.97. The van der Waals surface area contributed by atoms with Crippen molar-refractivity contribution in [1.29, 1.82) is 0 Å². The number of anilines is 1. The molecular formula is C27H31FN4O. The van der Waals surface area contributed by atoms with Crippen LogP contribution in [0.5, 0.6) is 0 Å². The Labute approximate surface area is 194 Å². The van der Waals surface area contributed by atoms with Crippen molar-refractivity contribution in [1.82, 2.24) is 15.2 Å². The lowest BCUT2D eigenvalue weighted by Gasteiger charge is -2.21. The summed E-state index contributed by atoms with van der Waals surface area (Å²) in [5.41, 5.74) is 11.6. The molecule has 0 bridgehead atoms. The Morgan fingerprint density at radius 1 is 0.970 bits per heavy atom. The van der Waals surface area contributed by atoms with Gasteiger partial charge in [-0.15, -0.1) is 0 Å². The number of rotatable bonds is 8. The number of amides is 1. The molecule has 0 aliphatic carbocycles. The monoisotopic (exact) mass is 446 g/mol. The zero-order chi connectivity index (χ0) is 23.4. The number of pyridine rings is 1. The third kappa shape index (κ3) is 5.06. The Morgan fingerprint density at radius 3 is 2.36 bits per heavy atom. The second-order valence-electron chi connectivity index (χ2n) is 8.61. The molecule has 5 nitrogen and oxygen atoms in total. The maximum absolute atomic E-state index is 14.8. The molecular weight excluding hydrogens is 415 g/mol. The SMILES string of the molecule is CCCN(CCC)Cc1ccc(-c2cc(-c3ccc4c(c3)CCNC4=O)c(N)nc2F)cc1. The molecule has 1 aliphatic rings. The standard InChI is InChI=1S/C27H31FN4O/c1-3-13-32(14-4-2)17-18-5-7-19(8-6-18)23-16-24(26(29)31-25(23)28)20-9-10-22-21(15-20)11-12-30-27(22)33/h5-10,15-16H,3-4,11-14,17H2,1-2H3,(H2,29,31)(H,30,33). The van der Waals surface area contributed by atoms with E-state index in [-0.39, 0.29) is 11.7 Å². The molecule has 1 amide bonds. The van der Waals surface area contributed by atoms with Gasteiger partial charge >= 0.3 is 0 Å². The van der Waals surface area contributed by atoms with Crippen molar-refractivity contribution in [3.8, 4) is 22.3 Å². The molecule has 0 radical (unpaired) electrons. The van der Waals surface area contributed by atoms with Crippen LogP contribution in [0.25, 0.3) is 22.3 Å². The van der Waals surface area contributed by atoms with Crippen LogP contribution < -0.4 is 11.1 Å². The lowest BCUT2D eigenvalue weighted by molar-refractivity contribution is 0.0946. The molecule has 1 aliphatic heterocycles. The largest absolute Gasteiger partial charge is 0.383 e. The van der Waals surface area contributed by atoms with Crippen molar-refractivity contribution in [3.63, 3.8) is 0 Å². The number of nitrogens with zero attached hydrogens (tertiary/aromatic N) is 2. The highest BCUT2D eigenvalue weighted by Gasteiger charge is 2.19. The van der Waals surface area contributed by atoms with E-state index in [0.717, 1.165) is 55.6 Å². The summed E-state index contributed by atoms with van der Waals surface area (Å²) in [6.45, 7) is 8.02. The van der Waals surface area contributed by atoms with Gasteiger partial charge in [0.2, 0.25) is 5.95 Å². The summed E-state index contributed by atoms with van der Waals surface area (Å²) in [4.78, 5) is 18.5. The fraction of sp³-hybridized carbons (Fsp3) is 0.333. The van der Waals surface area contributed by atoms with E-state index in [1.165, 1.54) is 5.56 Å². The maximum atomic E-state index is 14.8. The molecule has 1 aromatic heterocycles. The minimum Gasteiger partial charge on any atom is -0.383 e. The Balaban J connectivity index is 1.63. The lowest BCUT2D eigenvalue weighted by Crippen LogP contribution is -2.31. The van der Waals surface area contributed by atoms with Crippen LogP contribution in [0, 0.1) is 5.95 Å². The second kappa shape index (κ2) is 10.1. The molecule has 172 valence electrons. The van der Waals surface area contributed by atoms with E-state index < -0.39 is 5.95 Å². The predicted molar refractivity (Wildman–Crippen MR) is 131 cm³/mol. The van der Waals surface area contributed by atoms with E-state index in [1.54, 1.807) is 12.1 Å². The summed E-state index contributed by atoms with van der Waals surface area (Å²) < 4.78 is 14.8. The number of carbonyl (C=O) groups excluding carboxylic acids is 1. The minimum atomic E-state index is -0.583. The van der Waals surface area contributed by atoms with E-state index >= 15 is 0 Å². The summed E-state index contributed by atoms with van der Waals surface area (Å²) in [6, 6.07) is 15.4. The maximum Gasteiger partial charge on any atom is 0.251 e. The summed E-state index contributed by atoms with van der Waals surface area (Å²) in [6.07, 6.45) is 3.00. The van der Waals surface area contributed by atoms with Gasteiger partial charge in [0.1, 0.15) is 5.82 Å². The first-order valence-electron chi connectivity index (χ1n) is 11.7. The number of benzene rings is 2. The third-order valence-electron chi connectivity index (χ3n) is 6.10. The molecule has 3 N–H and O–H groups in total. The summed E-state index contributed by atoms with van der Waals surface area (Å²) in [5, 5.41) is 2.85.